The molecule has 132 valence electrons. The fourth-order valence-corrected chi connectivity index (χ4v) is 2.78. The van der Waals surface area contributed by atoms with Crippen LogP contribution in [0.15, 0.2) is 9.21 Å². The Bertz CT molecular complexity index is 519. The molecule has 4 nitrogen and oxygen atoms in total. The monoisotopic (exact) mass is 324 g/mol. The zero-order valence-corrected chi connectivity index (χ0v) is 15.1. The molecule has 0 bridgehead atoms. The molecule has 0 amide bonds. The van der Waals surface area contributed by atoms with Gasteiger partial charge in [-0.2, -0.15) is 0 Å². The van der Waals surface area contributed by atoms with Gasteiger partial charge in [-0.05, 0) is 33.1 Å². The van der Waals surface area contributed by atoms with Crippen LogP contribution < -0.4 is 10.2 Å². The highest BCUT2D eigenvalue weighted by molar-refractivity contribution is 5.29. The first-order valence-corrected chi connectivity index (χ1v) is 8.86. The number of rotatable bonds is 11. The second kappa shape index (κ2) is 10.5. The van der Waals surface area contributed by atoms with Gasteiger partial charge in [0.2, 0.25) is 0 Å². The van der Waals surface area contributed by atoms with Gasteiger partial charge in [0.05, 0.1) is 18.8 Å². The third-order valence-electron chi connectivity index (χ3n) is 4.47. The first-order valence-electron chi connectivity index (χ1n) is 8.86. The van der Waals surface area contributed by atoms with Gasteiger partial charge in [0.1, 0.15) is 5.76 Å². The van der Waals surface area contributed by atoms with Crippen LogP contribution in [0.3, 0.4) is 0 Å². The highest BCUT2D eigenvalue weighted by Crippen LogP contribution is 2.20. The molecule has 0 aliphatic rings. The van der Waals surface area contributed by atoms with Crippen LogP contribution >= 0.6 is 0 Å². The van der Waals surface area contributed by atoms with Gasteiger partial charge in [0.15, 0.2) is 5.43 Å². The van der Waals surface area contributed by atoms with Gasteiger partial charge in [-0.3, -0.25) is 4.79 Å². The Morgan fingerprint density at radius 3 is 2.26 bits per heavy atom. The third-order valence-corrected chi connectivity index (χ3v) is 4.47. The fraction of sp³-hybridized carbons (Fsp3) is 0.737. The summed E-state index contributed by atoms with van der Waals surface area (Å²) in [6.45, 7) is 5.58. The van der Waals surface area contributed by atoms with E-state index in [-0.39, 0.29) is 11.5 Å². The van der Waals surface area contributed by atoms with Crippen molar-refractivity contribution in [1.29, 1.82) is 0 Å². The quantitative estimate of drug-likeness (QED) is 0.616. The van der Waals surface area contributed by atoms with E-state index in [1.807, 2.05) is 13.8 Å². The number of methoxy groups -OCH3 is 1. The Morgan fingerprint density at radius 1 is 1.04 bits per heavy atom. The lowest BCUT2D eigenvalue weighted by atomic mass is 10.0. The third kappa shape index (κ3) is 6.38. The standard InChI is InChI=1S/C19H32O4/c1-5-16(20)12-10-8-6-7-9-11-13-17-14(2)18(21)15(3)19(22-4)23-17/h16,20H,5-13H2,1-4H3. The number of hydrogen-bond donors (Lipinski definition) is 1. The van der Waals surface area contributed by atoms with Crippen molar-refractivity contribution >= 4 is 0 Å². The molecule has 1 atom stereocenters. The molecule has 1 aromatic rings. The summed E-state index contributed by atoms with van der Waals surface area (Å²) in [5.74, 6) is 1.09. The van der Waals surface area contributed by atoms with Crippen molar-refractivity contribution in [3.05, 3.63) is 27.1 Å². The lowest BCUT2D eigenvalue weighted by Crippen LogP contribution is -2.13. The molecule has 4 heteroatoms. The van der Waals surface area contributed by atoms with E-state index < -0.39 is 0 Å². The van der Waals surface area contributed by atoms with E-state index in [4.69, 9.17) is 9.15 Å². The Labute approximate surface area is 139 Å². The molecule has 0 fully saturated rings. The van der Waals surface area contributed by atoms with Gasteiger partial charge in [-0.25, -0.2) is 0 Å². The number of ether oxygens (including phenoxy) is 1. The predicted octanol–water partition coefficient (Wildman–Crippen LogP) is 4.31. The second-order valence-electron chi connectivity index (χ2n) is 6.32. The molecule has 0 saturated carbocycles. The van der Waals surface area contributed by atoms with E-state index in [9.17, 15) is 9.90 Å². The summed E-state index contributed by atoms with van der Waals surface area (Å²) in [5, 5.41) is 9.49. The first kappa shape index (κ1) is 19.8. The van der Waals surface area contributed by atoms with E-state index in [0.29, 0.717) is 17.1 Å². The highest BCUT2D eigenvalue weighted by atomic mass is 16.6. The van der Waals surface area contributed by atoms with Gasteiger partial charge in [-0.1, -0.05) is 39.0 Å². The molecule has 0 saturated heterocycles. The maximum Gasteiger partial charge on any atom is 0.291 e. The molecule has 23 heavy (non-hydrogen) atoms. The van der Waals surface area contributed by atoms with E-state index in [1.165, 1.54) is 26.4 Å². The van der Waals surface area contributed by atoms with Crippen LogP contribution in [0.2, 0.25) is 0 Å². The zero-order chi connectivity index (χ0) is 17.2. The molecule has 0 aliphatic carbocycles. The molecular weight excluding hydrogens is 292 g/mol. The number of aryl methyl sites for hydroxylation is 1. The van der Waals surface area contributed by atoms with E-state index in [0.717, 1.165) is 44.3 Å². The normalized spacial score (nSPS) is 12.4. The van der Waals surface area contributed by atoms with Gasteiger partial charge in [-0.15, -0.1) is 0 Å². The van der Waals surface area contributed by atoms with Crippen LogP contribution in [-0.2, 0) is 6.42 Å². The van der Waals surface area contributed by atoms with E-state index in [2.05, 4.69) is 0 Å². The molecule has 0 aromatic carbocycles. The van der Waals surface area contributed by atoms with E-state index in [1.54, 1.807) is 6.92 Å². The molecule has 0 aliphatic heterocycles. The number of hydrogen-bond acceptors (Lipinski definition) is 4. The summed E-state index contributed by atoms with van der Waals surface area (Å²) in [5.41, 5.74) is 1.28. The second-order valence-corrected chi connectivity index (χ2v) is 6.32. The number of unbranched alkanes of at least 4 members (excludes halogenated alkanes) is 5. The maximum absolute atomic E-state index is 12.1. The van der Waals surface area contributed by atoms with Crippen molar-refractivity contribution in [2.75, 3.05) is 7.11 Å². The Kier molecular flexibility index (Phi) is 9.00. The molecule has 1 aromatic heterocycles. The van der Waals surface area contributed by atoms with Gasteiger partial charge >= 0.3 is 0 Å². The van der Waals surface area contributed by atoms with Crippen LogP contribution in [0.25, 0.3) is 0 Å². The zero-order valence-electron chi connectivity index (χ0n) is 15.1. The summed E-state index contributed by atoms with van der Waals surface area (Å²) < 4.78 is 10.8. The van der Waals surface area contributed by atoms with Crippen molar-refractivity contribution in [2.24, 2.45) is 0 Å². The van der Waals surface area contributed by atoms with Crippen LogP contribution in [0.5, 0.6) is 5.95 Å². The van der Waals surface area contributed by atoms with Gasteiger partial charge in [0.25, 0.3) is 5.95 Å². The van der Waals surface area contributed by atoms with Crippen molar-refractivity contribution in [3.8, 4) is 5.95 Å². The molecule has 1 unspecified atom stereocenters. The van der Waals surface area contributed by atoms with E-state index >= 15 is 0 Å². The minimum Gasteiger partial charge on any atom is -0.468 e. The van der Waals surface area contributed by atoms with Crippen LogP contribution in [0, 0.1) is 13.8 Å². The Hall–Kier alpha value is -1.29. The summed E-state index contributed by atoms with van der Waals surface area (Å²) in [7, 11) is 1.53. The molecule has 0 spiro atoms. The summed E-state index contributed by atoms with van der Waals surface area (Å²) in [6.07, 6.45) is 9.27. The highest BCUT2D eigenvalue weighted by Gasteiger charge is 2.13. The molecule has 0 radical (unpaired) electrons. The molecular formula is C19H32O4. The minimum atomic E-state index is -0.127. The van der Waals surface area contributed by atoms with Crippen molar-refractivity contribution in [3.63, 3.8) is 0 Å². The van der Waals surface area contributed by atoms with Crippen molar-refractivity contribution in [2.45, 2.75) is 84.7 Å². The average Bonchev–Trinajstić information content (AvgIpc) is 2.56. The number of aliphatic hydroxyl groups is 1. The molecule has 1 heterocycles. The van der Waals surface area contributed by atoms with Gasteiger partial charge in [0, 0.05) is 12.0 Å². The van der Waals surface area contributed by atoms with Gasteiger partial charge < -0.3 is 14.3 Å². The molecule has 1 rings (SSSR count). The van der Waals surface area contributed by atoms with Crippen LogP contribution in [-0.4, -0.2) is 18.3 Å². The summed E-state index contributed by atoms with van der Waals surface area (Å²) in [4.78, 5) is 12.1. The molecule has 1 N–H and O–H groups in total. The topological polar surface area (TPSA) is 59.7 Å². The minimum absolute atomic E-state index is 0.0255. The fourth-order valence-electron chi connectivity index (χ4n) is 2.78. The summed E-state index contributed by atoms with van der Waals surface area (Å²) in [6, 6.07) is 0. The lowest BCUT2D eigenvalue weighted by molar-refractivity contribution is 0.156. The summed E-state index contributed by atoms with van der Waals surface area (Å²) >= 11 is 0. The maximum atomic E-state index is 12.1. The SMILES string of the molecule is CCC(O)CCCCCCCCc1oc(OC)c(C)c(=O)c1C. The average molecular weight is 324 g/mol. The largest absolute Gasteiger partial charge is 0.468 e. The Balaban J connectivity index is 2.29. The number of aliphatic hydroxyl groups excluding tert-OH is 1. The first-order chi connectivity index (χ1) is 11.0. The van der Waals surface area contributed by atoms with Crippen LogP contribution in [0.1, 0.15) is 75.2 Å². The van der Waals surface area contributed by atoms with Crippen molar-refractivity contribution in [1.82, 2.24) is 0 Å². The predicted molar refractivity (Wildman–Crippen MR) is 93.3 cm³/mol. The Morgan fingerprint density at radius 2 is 1.65 bits per heavy atom. The smallest absolute Gasteiger partial charge is 0.291 e. The lowest BCUT2D eigenvalue weighted by Gasteiger charge is -2.09. The van der Waals surface area contributed by atoms with Crippen molar-refractivity contribution < 1.29 is 14.3 Å². The van der Waals surface area contributed by atoms with Crippen LogP contribution in [0.4, 0.5) is 0 Å².